The maximum absolute atomic E-state index is 12.2. The third-order valence-electron chi connectivity index (χ3n) is 4.09. The normalized spacial score (nSPS) is 37.0. The molecule has 2 aliphatic rings. The van der Waals surface area contributed by atoms with Crippen molar-refractivity contribution in [3.05, 3.63) is 0 Å². The number of rotatable bonds is 2. The van der Waals surface area contributed by atoms with Crippen LogP contribution >= 0.6 is 0 Å². The lowest BCUT2D eigenvalue weighted by atomic mass is 9.74. The minimum Gasteiger partial charge on any atom is -0.451 e. The minimum absolute atomic E-state index is 0.132. The van der Waals surface area contributed by atoms with Crippen molar-refractivity contribution in [2.75, 3.05) is 0 Å². The van der Waals surface area contributed by atoms with Crippen LogP contribution in [0.15, 0.2) is 0 Å². The number of ketones is 1. The highest BCUT2D eigenvalue weighted by Crippen LogP contribution is 2.56. The van der Waals surface area contributed by atoms with Gasteiger partial charge in [0.05, 0.1) is 0 Å². The standard InChI is InChI=1S/C12H18O3/c1-4-9(13)15-12-6-5-8(7-12)11(2,3)10(12)14/h8H,4-7H2,1-3H3. The van der Waals surface area contributed by atoms with E-state index in [1.165, 1.54) is 0 Å². The van der Waals surface area contributed by atoms with Crippen LogP contribution < -0.4 is 0 Å². The number of carbonyl (C=O) groups excluding carboxylic acids is 2. The van der Waals surface area contributed by atoms with Crippen LogP contribution in [0.3, 0.4) is 0 Å². The van der Waals surface area contributed by atoms with Gasteiger partial charge in [-0.1, -0.05) is 20.8 Å². The minimum atomic E-state index is -0.763. The molecular weight excluding hydrogens is 192 g/mol. The van der Waals surface area contributed by atoms with Crippen molar-refractivity contribution in [3.63, 3.8) is 0 Å². The van der Waals surface area contributed by atoms with Gasteiger partial charge in [-0.2, -0.15) is 0 Å². The first kappa shape index (κ1) is 10.7. The maximum Gasteiger partial charge on any atom is 0.306 e. The molecule has 0 spiro atoms. The maximum atomic E-state index is 12.2. The molecule has 0 aromatic heterocycles. The van der Waals surface area contributed by atoms with Crippen molar-refractivity contribution in [3.8, 4) is 0 Å². The second-order valence-corrected chi connectivity index (χ2v) is 5.31. The van der Waals surface area contributed by atoms with Gasteiger partial charge in [-0.15, -0.1) is 0 Å². The molecular formula is C12H18O3. The first-order valence-electron chi connectivity index (χ1n) is 5.69. The fraction of sp³-hybridized carbons (Fsp3) is 0.833. The summed E-state index contributed by atoms with van der Waals surface area (Å²) in [7, 11) is 0. The predicted octanol–water partition coefficient (Wildman–Crippen LogP) is 2.09. The van der Waals surface area contributed by atoms with Crippen LogP contribution in [0.5, 0.6) is 0 Å². The zero-order chi connectivity index (χ0) is 11.3. The van der Waals surface area contributed by atoms with E-state index in [0.29, 0.717) is 12.3 Å². The summed E-state index contributed by atoms with van der Waals surface area (Å²) in [5.41, 5.74) is -1.06. The van der Waals surface area contributed by atoms with Crippen LogP contribution in [-0.2, 0) is 14.3 Å². The molecule has 0 N–H and O–H groups in total. The molecule has 0 heterocycles. The van der Waals surface area contributed by atoms with Crippen LogP contribution in [0.25, 0.3) is 0 Å². The van der Waals surface area contributed by atoms with Gasteiger partial charge in [0.25, 0.3) is 0 Å². The molecule has 84 valence electrons. The number of fused-ring (bicyclic) bond motifs is 2. The van der Waals surface area contributed by atoms with E-state index in [2.05, 4.69) is 0 Å². The van der Waals surface area contributed by atoms with E-state index < -0.39 is 5.60 Å². The molecule has 0 radical (unpaired) electrons. The van der Waals surface area contributed by atoms with Gasteiger partial charge >= 0.3 is 5.97 Å². The average Bonchev–Trinajstić information content (AvgIpc) is 2.67. The number of Topliss-reactive ketones (excluding diaryl/α,β-unsaturated/α-hetero) is 1. The van der Waals surface area contributed by atoms with Gasteiger partial charge < -0.3 is 4.74 Å². The summed E-state index contributed by atoms with van der Waals surface area (Å²) in [6, 6.07) is 0. The van der Waals surface area contributed by atoms with Gasteiger partial charge in [-0.25, -0.2) is 0 Å². The molecule has 15 heavy (non-hydrogen) atoms. The lowest BCUT2D eigenvalue weighted by Crippen LogP contribution is -2.44. The molecule has 0 aromatic carbocycles. The van der Waals surface area contributed by atoms with Crippen LogP contribution in [0.1, 0.15) is 46.5 Å². The topological polar surface area (TPSA) is 43.4 Å². The summed E-state index contributed by atoms with van der Waals surface area (Å²) < 4.78 is 5.40. The molecule has 0 aromatic rings. The van der Waals surface area contributed by atoms with Crippen molar-refractivity contribution >= 4 is 11.8 Å². The molecule has 0 amide bonds. The third-order valence-corrected chi connectivity index (χ3v) is 4.09. The average molecular weight is 210 g/mol. The Hall–Kier alpha value is -0.860. The van der Waals surface area contributed by atoms with Gasteiger partial charge in [0.2, 0.25) is 0 Å². The summed E-state index contributed by atoms with van der Waals surface area (Å²) in [4.78, 5) is 23.5. The summed E-state index contributed by atoms with van der Waals surface area (Å²) in [5, 5.41) is 0. The quantitative estimate of drug-likeness (QED) is 0.655. The Morgan fingerprint density at radius 2 is 2.20 bits per heavy atom. The Morgan fingerprint density at radius 1 is 1.53 bits per heavy atom. The molecule has 3 nitrogen and oxygen atoms in total. The van der Waals surface area contributed by atoms with Crippen molar-refractivity contribution in [2.45, 2.75) is 52.1 Å². The number of esters is 1. The van der Waals surface area contributed by atoms with Gasteiger partial charge in [-0.3, -0.25) is 9.59 Å². The molecule has 2 atom stereocenters. The fourth-order valence-corrected chi connectivity index (χ4v) is 3.03. The Kier molecular flexibility index (Phi) is 2.18. The lowest BCUT2D eigenvalue weighted by molar-refractivity contribution is -0.167. The monoisotopic (exact) mass is 210 g/mol. The highest BCUT2D eigenvalue weighted by molar-refractivity contribution is 5.97. The van der Waals surface area contributed by atoms with Crippen LogP contribution in [-0.4, -0.2) is 17.4 Å². The van der Waals surface area contributed by atoms with Gasteiger partial charge in [0, 0.05) is 11.8 Å². The number of hydrogen-bond acceptors (Lipinski definition) is 3. The van der Waals surface area contributed by atoms with Crippen molar-refractivity contribution in [1.29, 1.82) is 0 Å². The molecule has 0 aliphatic heterocycles. The van der Waals surface area contributed by atoms with Crippen molar-refractivity contribution in [2.24, 2.45) is 11.3 Å². The highest BCUT2D eigenvalue weighted by Gasteiger charge is 2.63. The van der Waals surface area contributed by atoms with E-state index in [1.54, 1.807) is 6.92 Å². The van der Waals surface area contributed by atoms with Gasteiger partial charge in [-0.05, 0) is 25.2 Å². The van der Waals surface area contributed by atoms with E-state index in [0.717, 1.165) is 19.3 Å². The van der Waals surface area contributed by atoms with Crippen LogP contribution in [0, 0.1) is 11.3 Å². The molecule has 3 heteroatoms. The third kappa shape index (κ3) is 1.32. The molecule has 2 aliphatic carbocycles. The number of carbonyl (C=O) groups is 2. The zero-order valence-corrected chi connectivity index (χ0v) is 9.63. The predicted molar refractivity (Wildman–Crippen MR) is 55.2 cm³/mol. The van der Waals surface area contributed by atoms with Gasteiger partial charge in [0.1, 0.15) is 0 Å². The van der Waals surface area contributed by atoms with Crippen molar-refractivity contribution < 1.29 is 14.3 Å². The number of ether oxygens (including phenoxy) is 1. The largest absolute Gasteiger partial charge is 0.451 e. The molecule has 2 saturated carbocycles. The molecule has 0 saturated heterocycles. The van der Waals surface area contributed by atoms with Crippen molar-refractivity contribution in [1.82, 2.24) is 0 Å². The van der Waals surface area contributed by atoms with Crippen LogP contribution in [0.2, 0.25) is 0 Å². The zero-order valence-electron chi connectivity index (χ0n) is 9.63. The van der Waals surface area contributed by atoms with E-state index in [9.17, 15) is 9.59 Å². The highest BCUT2D eigenvalue weighted by atomic mass is 16.6. The smallest absolute Gasteiger partial charge is 0.306 e. The number of hydrogen-bond donors (Lipinski definition) is 0. The lowest BCUT2D eigenvalue weighted by Gasteiger charge is -2.32. The SMILES string of the molecule is CCC(=O)OC12CCC(C1)C(C)(C)C2=O. The van der Waals surface area contributed by atoms with E-state index in [4.69, 9.17) is 4.74 Å². The Balaban J connectivity index is 2.23. The van der Waals surface area contributed by atoms with Crippen LogP contribution in [0.4, 0.5) is 0 Å². The second-order valence-electron chi connectivity index (χ2n) is 5.31. The molecule has 2 fully saturated rings. The second kappa shape index (κ2) is 3.06. The fourth-order valence-electron chi connectivity index (χ4n) is 3.03. The Morgan fingerprint density at radius 3 is 2.67 bits per heavy atom. The van der Waals surface area contributed by atoms with E-state index in [1.807, 2.05) is 13.8 Å². The van der Waals surface area contributed by atoms with E-state index in [-0.39, 0.29) is 17.2 Å². The summed E-state index contributed by atoms with van der Waals surface area (Å²) >= 11 is 0. The summed E-state index contributed by atoms with van der Waals surface area (Å²) in [6.07, 6.45) is 2.83. The Bertz CT molecular complexity index is 319. The van der Waals surface area contributed by atoms with Gasteiger partial charge in [0.15, 0.2) is 11.4 Å². The molecule has 2 rings (SSSR count). The molecule has 2 bridgehead atoms. The summed E-state index contributed by atoms with van der Waals surface area (Å²) in [6.45, 7) is 5.71. The summed E-state index contributed by atoms with van der Waals surface area (Å²) in [5.74, 6) is 0.282. The van der Waals surface area contributed by atoms with E-state index >= 15 is 0 Å². The molecule has 2 unspecified atom stereocenters. The first-order chi connectivity index (χ1) is 6.92. The Labute approximate surface area is 90.2 Å². The first-order valence-corrected chi connectivity index (χ1v) is 5.69.